The zero-order chi connectivity index (χ0) is 60.3. The largest absolute Gasteiger partial charge is 0.309 e. The maximum absolute atomic E-state index is 2.47. The highest BCUT2D eigenvalue weighted by atomic mass is 15.0. The van der Waals surface area contributed by atoms with Crippen LogP contribution in [0.2, 0.25) is 0 Å². The molecule has 89 heavy (non-hydrogen) atoms. The average molecular weight is 1150 g/mol. The van der Waals surface area contributed by atoms with Crippen molar-refractivity contribution in [2.24, 2.45) is 0 Å². The smallest absolute Gasteiger partial charge is 0.0541 e. The minimum absolute atomic E-state index is 0.447. The van der Waals surface area contributed by atoms with Crippen LogP contribution in [-0.4, -0.2) is 13.7 Å². The highest BCUT2D eigenvalue weighted by Gasteiger charge is 2.22. The van der Waals surface area contributed by atoms with E-state index in [0.29, 0.717) is 23.7 Å². The van der Waals surface area contributed by atoms with Crippen molar-refractivity contribution in [2.45, 2.75) is 79.1 Å². The molecule has 0 aliphatic carbocycles. The molecule has 0 amide bonds. The van der Waals surface area contributed by atoms with Crippen LogP contribution in [0.3, 0.4) is 0 Å². The van der Waals surface area contributed by atoms with E-state index in [1.165, 1.54) is 154 Å². The second-order valence-electron chi connectivity index (χ2n) is 26.0. The maximum atomic E-state index is 2.47. The van der Waals surface area contributed by atoms with Crippen molar-refractivity contribution >= 4 is 87.0 Å². The molecule has 0 unspecified atom stereocenters. The number of hydrogen-bond acceptors (Lipinski definition) is 0. The molecule has 16 aromatic rings. The van der Waals surface area contributed by atoms with E-state index in [1.54, 1.807) is 0 Å². The number of aromatic nitrogens is 3. The van der Waals surface area contributed by atoms with Gasteiger partial charge in [-0.25, -0.2) is 0 Å². The van der Waals surface area contributed by atoms with Gasteiger partial charge in [0.1, 0.15) is 0 Å². The molecule has 430 valence electrons. The van der Waals surface area contributed by atoms with Crippen LogP contribution in [-0.2, 0) is 0 Å². The second-order valence-corrected chi connectivity index (χ2v) is 26.0. The Kier molecular flexibility index (Phi) is 13.0. The summed E-state index contributed by atoms with van der Waals surface area (Å²) in [6.07, 6.45) is 0. The lowest BCUT2D eigenvalue weighted by Gasteiger charge is -2.18. The molecule has 3 heterocycles. The molecule has 0 bridgehead atoms. The first kappa shape index (κ1) is 54.2. The molecule has 3 nitrogen and oxygen atoms in total. The summed E-state index contributed by atoms with van der Waals surface area (Å²) in [6, 6.07) is 99.0. The molecule has 0 spiro atoms. The third-order valence-electron chi connectivity index (χ3n) is 19.4. The van der Waals surface area contributed by atoms with Crippen LogP contribution in [0.15, 0.2) is 261 Å². The molecule has 16 rings (SSSR count). The standard InChI is InChI=1S/C86H71N3/c1-52(2)60-28-40-79-73(46-60)74-47-61(53(3)4)29-41-80(74)87(79)66-34-22-56(23-35-66)64-32-44-83-77(50-64)78-51-65(57-24-36-67(37-25-57)88-81-42-30-62(54(5)6)48-75(81)76-49-63(55(7)8)31-43-82(76)88)33-45-84(78)89(83)68-38-26-59(27-39-68)86-71-20-14-12-18-69(71)85(58-16-10-9-11-17-58)70-19-13-15-21-72(70)86/h9-55H,1-8H3. The molecule has 0 aliphatic rings. The van der Waals surface area contributed by atoms with E-state index in [9.17, 15) is 0 Å². The van der Waals surface area contributed by atoms with Gasteiger partial charge in [0, 0.05) is 49.4 Å². The van der Waals surface area contributed by atoms with Crippen LogP contribution in [0.25, 0.3) is 149 Å². The second kappa shape index (κ2) is 21.3. The third-order valence-corrected chi connectivity index (χ3v) is 19.4. The Bertz CT molecular complexity index is 5030. The molecule has 3 heteroatoms. The molecule has 0 atom stereocenters. The van der Waals surface area contributed by atoms with Crippen molar-refractivity contribution in [3.05, 3.63) is 283 Å². The van der Waals surface area contributed by atoms with Gasteiger partial charge >= 0.3 is 0 Å². The van der Waals surface area contributed by atoms with Gasteiger partial charge in [-0.3, -0.25) is 0 Å². The van der Waals surface area contributed by atoms with Crippen LogP contribution < -0.4 is 0 Å². The summed E-state index contributed by atoms with van der Waals surface area (Å²) in [5.74, 6) is 1.79. The Morgan fingerprint density at radius 1 is 0.191 bits per heavy atom. The minimum Gasteiger partial charge on any atom is -0.309 e. The lowest BCUT2D eigenvalue weighted by molar-refractivity contribution is 0.868. The Hall–Kier alpha value is -10.2. The van der Waals surface area contributed by atoms with Crippen molar-refractivity contribution in [1.29, 1.82) is 0 Å². The zero-order valence-electron chi connectivity index (χ0n) is 52.0. The number of nitrogens with zero attached hydrogens (tertiary/aromatic N) is 3. The third kappa shape index (κ3) is 8.92. The molecule has 0 saturated carbocycles. The Labute approximate surface area is 521 Å². The van der Waals surface area contributed by atoms with Crippen molar-refractivity contribution < 1.29 is 0 Å². The molecule has 0 saturated heterocycles. The van der Waals surface area contributed by atoms with Crippen LogP contribution in [0.4, 0.5) is 0 Å². The number of rotatable bonds is 11. The van der Waals surface area contributed by atoms with E-state index in [-0.39, 0.29) is 0 Å². The van der Waals surface area contributed by atoms with E-state index >= 15 is 0 Å². The monoisotopic (exact) mass is 1150 g/mol. The van der Waals surface area contributed by atoms with Crippen LogP contribution >= 0.6 is 0 Å². The summed E-state index contributed by atoms with van der Waals surface area (Å²) in [6.45, 7) is 18.3. The van der Waals surface area contributed by atoms with Crippen LogP contribution in [0.1, 0.15) is 101 Å². The minimum atomic E-state index is 0.447. The Morgan fingerprint density at radius 3 is 0.719 bits per heavy atom. The van der Waals surface area contributed by atoms with E-state index in [1.807, 2.05) is 0 Å². The summed E-state index contributed by atoms with van der Waals surface area (Å²) in [4.78, 5) is 0. The fourth-order valence-electron chi connectivity index (χ4n) is 14.5. The van der Waals surface area contributed by atoms with Gasteiger partial charge in [-0.15, -0.1) is 0 Å². The summed E-state index contributed by atoms with van der Waals surface area (Å²) in [5.41, 5.74) is 25.9. The topological polar surface area (TPSA) is 14.8 Å². The molecule has 3 aromatic heterocycles. The summed E-state index contributed by atoms with van der Waals surface area (Å²) in [7, 11) is 0. The lowest BCUT2D eigenvalue weighted by atomic mass is 9.86. The first-order chi connectivity index (χ1) is 43.4. The fraction of sp³-hybridized carbons (Fsp3) is 0.140. The van der Waals surface area contributed by atoms with Gasteiger partial charge in [0.25, 0.3) is 0 Å². The Balaban J connectivity index is 0.828. The normalized spacial score (nSPS) is 12.2. The maximum Gasteiger partial charge on any atom is 0.0541 e. The average Bonchev–Trinajstić information content (AvgIpc) is 2.03. The quantitative estimate of drug-likeness (QED) is 0.115. The van der Waals surface area contributed by atoms with Gasteiger partial charge in [-0.1, -0.05) is 207 Å². The van der Waals surface area contributed by atoms with Gasteiger partial charge < -0.3 is 13.7 Å². The van der Waals surface area contributed by atoms with Gasteiger partial charge in [-0.2, -0.15) is 0 Å². The SMILES string of the molecule is CC(C)c1ccc2c(c1)c1cc(C(C)C)ccc1n2-c1ccc(-c2ccc3c(c2)c2cc(-c4ccc(-n5c6ccc(C(C)C)cc6c6cc(C(C)C)ccc65)cc4)ccc2n3-c2ccc(-c3c4ccccc4c(-c4ccccc4)c4ccccc34)cc2)cc1. The summed E-state index contributed by atoms with van der Waals surface area (Å²) >= 11 is 0. The molecule has 0 fully saturated rings. The fourth-order valence-corrected chi connectivity index (χ4v) is 14.5. The first-order valence-corrected chi connectivity index (χ1v) is 32.0. The van der Waals surface area contributed by atoms with Crippen molar-refractivity contribution in [2.75, 3.05) is 0 Å². The van der Waals surface area contributed by atoms with Crippen LogP contribution in [0, 0.1) is 0 Å². The molecular formula is C86H71N3. The first-order valence-electron chi connectivity index (χ1n) is 32.0. The molecular weight excluding hydrogens is 1070 g/mol. The predicted molar refractivity (Wildman–Crippen MR) is 383 cm³/mol. The van der Waals surface area contributed by atoms with E-state index < -0.39 is 0 Å². The van der Waals surface area contributed by atoms with E-state index in [2.05, 4.69) is 330 Å². The van der Waals surface area contributed by atoms with E-state index in [4.69, 9.17) is 0 Å². The van der Waals surface area contributed by atoms with Gasteiger partial charge in [-0.05, 0) is 221 Å². The predicted octanol–water partition coefficient (Wildman–Crippen LogP) is 24.4. The lowest BCUT2D eigenvalue weighted by Crippen LogP contribution is -1.95. The molecule has 13 aromatic carbocycles. The molecule has 0 N–H and O–H groups in total. The number of benzene rings is 13. The van der Waals surface area contributed by atoms with Crippen molar-refractivity contribution in [1.82, 2.24) is 13.7 Å². The van der Waals surface area contributed by atoms with Crippen LogP contribution in [0.5, 0.6) is 0 Å². The van der Waals surface area contributed by atoms with Gasteiger partial charge in [0.2, 0.25) is 0 Å². The highest BCUT2D eigenvalue weighted by Crippen LogP contribution is 2.46. The zero-order valence-corrected chi connectivity index (χ0v) is 52.0. The molecule has 0 radical (unpaired) electrons. The summed E-state index contributed by atoms with van der Waals surface area (Å²) < 4.78 is 7.38. The van der Waals surface area contributed by atoms with Crippen molar-refractivity contribution in [3.8, 4) is 61.6 Å². The number of hydrogen-bond donors (Lipinski definition) is 0. The Morgan fingerprint density at radius 2 is 0.427 bits per heavy atom. The van der Waals surface area contributed by atoms with Crippen molar-refractivity contribution in [3.63, 3.8) is 0 Å². The summed E-state index contributed by atoms with van der Waals surface area (Å²) in [5, 5.41) is 12.7. The highest BCUT2D eigenvalue weighted by molar-refractivity contribution is 6.22. The van der Waals surface area contributed by atoms with E-state index in [0.717, 1.165) is 17.1 Å². The van der Waals surface area contributed by atoms with Gasteiger partial charge in [0.05, 0.1) is 33.1 Å². The van der Waals surface area contributed by atoms with Gasteiger partial charge in [0.15, 0.2) is 0 Å². The molecule has 0 aliphatic heterocycles. The number of fused-ring (bicyclic) bond motifs is 11.